The lowest BCUT2D eigenvalue weighted by atomic mass is 9.85. The second-order valence-corrected chi connectivity index (χ2v) is 4.57. The Morgan fingerprint density at radius 1 is 1.57 bits per heavy atom. The van der Waals surface area contributed by atoms with Crippen LogP contribution in [0.15, 0.2) is 4.99 Å². The molecule has 0 bridgehead atoms. The van der Waals surface area contributed by atoms with Gasteiger partial charge < -0.3 is 15.2 Å². The molecule has 2 aliphatic rings. The van der Waals surface area contributed by atoms with E-state index in [4.69, 9.17) is 15.2 Å². The van der Waals surface area contributed by atoms with Gasteiger partial charge in [-0.2, -0.15) is 0 Å². The first-order chi connectivity index (χ1) is 6.61. The second-order valence-electron chi connectivity index (χ2n) is 4.57. The average molecular weight is 198 g/mol. The molecule has 80 valence electrons. The van der Waals surface area contributed by atoms with Crippen LogP contribution in [-0.4, -0.2) is 30.9 Å². The minimum Gasteiger partial charge on any atom is -0.463 e. The van der Waals surface area contributed by atoms with Crippen LogP contribution in [0.2, 0.25) is 0 Å². The van der Waals surface area contributed by atoms with Gasteiger partial charge in [0.25, 0.3) is 6.02 Å². The summed E-state index contributed by atoms with van der Waals surface area (Å²) in [5, 5.41) is 0. The molecule has 2 rings (SSSR count). The van der Waals surface area contributed by atoms with E-state index in [0.29, 0.717) is 24.7 Å². The molecular formula is C10H18N2O2. The molecule has 2 atom stereocenters. The molecule has 0 aromatic heterocycles. The number of ether oxygens (including phenoxy) is 2. The Labute approximate surface area is 84.5 Å². The summed E-state index contributed by atoms with van der Waals surface area (Å²) in [4.78, 5) is 4.40. The fraction of sp³-hybridized carbons (Fsp3) is 0.900. The highest BCUT2D eigenvalue weighted by atomic mass is 16.5. The van der Waals surface area contributed by atoms with Gasteiger partial charge >= 0.3 is 0 Å². The van der Waals surface area contributed by atoms with Crippen molar-refractivity contribution in [2.45, 2.75) is 38.3 Å². The quantitative estimate of drug-likeness (QED) is 0.681. The van der Waals surface area contributed by atoms with Crippen LogP contribution in [0.1, 0.15) is 26.7 Å². The average Bonchev–Trinajstić information content (AvgIpc) is 2.47. The molecule has 14 heavy (non-hydrogen) atoms. The van der Waals surface area contributed by atoms with E-state index in [9.17, 15) is 0 Å². The summed E-state index contributed by atoms with van der Waals surface area (Å²) in [7, 11) is 0. The Morgan fingerprint density at radius 2 is 2.36 bits per heavy atom. The van der Waals surface area contributed by atoms with Crippen LogP contribution in [0.3, 0.4) is 0 Å². The van der Waals surface area contributed by atoms with Crippen molar-refractivity contribution in [1.82, 2.24) is 0 Å². The van der Waals surface area contributed by atoms with Gasteiger partial charge in [0.2, 0.25) is 0 Å². The van der Waals surface area contributed by atoms with Crippen molar-refractivity contribution in [2.24, 2.45) is 16.6 Å². The molecular weight excluding hydrogens is 180 g/mol. The Balaban J connectivity index is 2.07. The maximum Gasteiger partial charge on any atom is 0.282 e. The Kier molecular flexibility index (Phi) is 2.39. The number of aliphatic imine (C=N–C) groups is 1. The number of nitrogens with two attached hydrogens (primary N) is 1. The van der Waals surface area contributed by atoms with E-state index in [1.807, 2.05) is 0 Å². The van der Waals surface area contributed by atoms with Gasteiger partial charge in [0.15, 0.2) is 0 Å². The lowest BCUT2D eigenvalue weighted by Crippen LogP contribution is -2.42. The largest absolute Gasteiger partial charge is 0.463 e. The van der Waals surface area contributed by atoms with E-state index in [0.717, 1.165) is 19.4 Å². The molecule has 2 aliphatic heterocycles. The predicted molar refractivity (Wildman–Crippen MR) is 54.1 cm³/mol. The maximum atomic E-state index is 5.70. The molecule has 1 spiro atoms. The fourth-order valence-corrected chi connectivity index (χ4v) is 2.10. The van der Waals surface area contributed by atoms with E-state index in [1.165, 1.54) is 0 Å². The normalized spacial score (nSPS) is 37.4. The van der Waals surface area contributed by atoms with Crippen molar-refractivity contribution in [3.8, 4) is 0 Å². The van der Waals surface area contributed by atoms with Gasteiger partial charge in [-0.3, -0.25) is 0 Å². The summed E-state index contributed by atoms with van der Waals surface area (Å²) in [6.07, 6.45) is 2.16. The first-order valence-electron chi connectivity index (χ1n) is 5.21. The maximum absolute atomic E-state index is 5.70. The van der Waals surface area contributed by atoms with Gasteiger partial charge in [0, 0.05) is 13.0 Å². The van der Waals surface area contributed by atoms with Crippen LogP contribution in [-0.2, 0) is 9.47 Å². The third kappa shape index (κ3) is 1.71. The van der Waals surface area contributed by atoms with Crippen molar-refractivity contribution in [2.75, 3.05) is 13.2 Å². The van der Waals surface area contributed by atoms with Crippen LogP contribution in [0, 0.1) is 5.92 Å². The molecule has 1 fully saturated rings. The van der Waals surface area contributed by atoms with Gasteiger partial charge in [-0.25, -0.2) is 4.99 Å². The highest BCUT2D eigenvalue weighted by Crippen LogP contribution is 2.34. The molecule has 4 heteroatoms. The second kappa shape index (κ2) is 3.42. The zero-order valence-corrected chi connectivity index (χ0v) is 8.82. The van der Waals surface area contributed by atoms with Crippen LogP contribution in [0.25, 0.3) is 0 Å². The number of hydrogen-bond donors (Lipinski definition) is 1. The number of hydrogen-bond acceptors (Lipinski definition) is 4. The minimum absolute atomic E-state index is 0.0860. The van der Waals surface area contributed by atoms with E-state index < -0.39 is 0 Å². The van der Waals surface area contributed by atoms with Gasteiger partial charge in [0.1, 0.15) is 12.1 Å². The molecule has 2 heterocycles. The monoisotopic (exact) mass is 198 g/mol. The Bertz CT molecular complexity index is 253. The summed E-state index contributed by atoms with van der Waals surface area (Å²) in [5.41, 5.74) is 5.46. The molecule has 4 nitrogen and oxygen atoms in total. The van der Waals surface area contributed by atoms with Gasteiger partial charge in [-0.05, 0) is 12.3 Å². The summed E-state index contributed by atoms with van der Waals surface area (Å²) >= 11 is 0. The van der Waals surface area contributed by atoms with Gasteiger partial charge in [0.05, 0.1) is 6.10 Å². The van der Waals surface area contributed by atoms with Crippen LogP contribution in [0.5, 0.6) is 0 Å². The summed E-state index contributed by atoms with van der Waals surface area (Å²) in [6.45, 7) is 5.74. The van der Waals surface area contributed by atoms with E-state index in [2.05, 4.69) is 18.8 Å². The topological polar surface area (TPSA) is 56.8 Å². The van der Waals surface area contributed by atoms with Crippen LogP contribution < -0.4 is 5.73 Å². The standard InChI is InChI=1S/C10H18N2O2/c1-7(2)8-5-10(3-4-13-8)6-14-9(11)12-10/h7-8H,3-6H2,1-2H3,(H2,11,12). The summed E-state index contributed by atoms with van der Waals surface area (Å²) < 4.78 is 10.9. The first-order valence-corrected chi connectivity index (χ1v) is 5.21. The smallest absolute Gasteiger partial charge is 0.282 e. The predicted octanol–water partition coefficient (Wildman–Crippen LogP) is 0.905. The molecule has 1 saturated heterocycles. The zero-order chi connectivity index (χ0) is 10.2. The highest BCUT2D eigenvalue weighted by Gasteiger charge is 2.42. The molecule has 2 N–H and O–H groups in total. The van der Waals surface area contributed by atoms with Crippen LogP contribution >= 0.6 is 0 Å². The van der Waals surface area contributed by atoms with E-state index in [-0.39, 0.29) is 5.54 Å². The molecule has 0 amide bonds. The number of nitrogens with zero attached hydrogens (tertiary/aromatic N) is 1. The molecule has 0 aliphatic carbocycles. The van der Waals surface area contributed by atoms with Crippen LogP contribution in [0.4, 0.5) is 0 Å². The van der Waals surface area contributed by atoms with Crippen molar-refractivity contribution in [3.05, 3.63) is 0 Å². The molecule has 0 aromatic carbocycles. The zero-order valence-electron chi connectivity index (χ0n) is 8.82. The third-order valence-corrected chi connectivity index (χ3v) is 3.06. The highest BCUT2D eigenvalue weighted by molar-refractivity contribution is 5.73. The fourth-order valence-electron chi connectivity index (χ4n) is 2.10. The first kappa shape index (κ1) is 9.77. The molecule has 0 radical (unpaired) electrons. The van der Waals surface area contributed by atoms with Crippen molar-refractivity contribution >= 4 is 6.02 Å². The van der Waals surface area contributed by atoms with Gasteiger partial charge in [-0.15, -0.1) is 0 Å². The van der Waals surface area contributed by atoms with Crippen molar-refractivity contribution in [3.63, 3.8) is 0 Å². The summed E-state index contributed by atoms with van der Waals surface area (Å²) in [6, 6.07) is 0.342. The van der Waals surface area contributed by atoms with E-state index in [1.54, 1.807) is 0 Å². The number of amidine groups is 1. The number of rotatable bonds is 1. The lowest BCUT2D eigenvalue weighted by molar-refractivity contribution is -0.0459. The third-order valence-electron chi connectivity index (χ3n) is 3.06. The molecule has 0 aromatic rings. The molecule has 0 saturated carbocycles. The minimum atomic E-state index is -0.0860. The summed E-state index contributed by atoms with van der Waals surface area (Å²) in [5.74, 6) is 0.532. The van der Waals surface area contributed by atoms with Crippen molar-refractivity contribution < 1.29 is 9.47 Å². The van der Waals surface area contributed by atoms with Gasteiger partial charge in [-0.1, -0.05) is 13.8 Å². The van der Waals surface area contributed by atoms with E-state index >= 15 is 0 Å². The Hall–Kier alpha value is -0.770. The SMILES string of the molecule is CC(C)C1CC2(CCO1)COC(N)=N2. The lowest BCUT2D eigenvalue weighted by Gasteiger charge is -2.36. The Morgan fingerprint density at radius 3 is 2.93 bits per heavy atom. The molecule has 2 unspecified atom stereocenters. The van der Waals surface area contributed by atoms with Crippen molar-refractivity contribution in [1.29, 1.82) is 0 Å².